The van der Waals surface area contributed by atoms with E-state index in [4.69, 9.17) is 9.47 Å². The van der Waals surface area contributed by atoms with Crippen LogP contribution in [0, 0.1) is 0 Å². The molecule has 0 aliphatic carbocycles. The molecule has 0 saturated carbocycles. The molecule has 1 fully saturated rings. The Morgan fingerprint density at radius 2 is 2.35 bits per heavy atom. The van der Waals surface area contributed by atoms with Gasteiger partial charge in [-0.25, -0.2) is 9.78 Å². The number of methoxy groups -OCH3 is 2. The molecule has 6 nitrogen and oxygen atoms in total. The topological polar surface area (TPSA) is 64.9 Å². The highest BCUT2D eigenvalue weighted by molar-refractivity contribution is 5.95. The van der Waals surface area contributed by atoms with E-state index in [-0.39, 0.29) is 6.04 Å². The monoisotopic (exact) mass is 275 g/mol. The highest BCUT2D eigenvalue weighted by Crippen LogP contribution is 2.27. The van der Waals surface area contributed by atoms with Gasteiger partial charge < -0.3 is 19.2 Å². The van der Waals surface area contributed by atoms with Gasteiger partial charge in [-0.2, -0.15) is 0 Å². The van der Waals surface area contributed by atoms with Gasteiger partial charge in [-0.15, -0.1) is 0 Å². The van der Waals surface area contributed by atoms with Gasteiger partial charge in [-0.3, -0.25) is 0 Å². The first-order valence-corrected chi connectivity index (χ1v) is 6.62. The molecule has 1 N–H and O–H groups in total. The number of nitrogens with zero attached hydrogens (tertiary/aromatic N) is 2. The second kappa shape index (κ2) is 5.13. The molecule has 1 aliphatic rings. The summed E-state index contributed by atoms with van der Waals surface area (Å²) < 4.78 is 12.0. The maximum atomic E-state index is 11.9. The summed E-state index contributed by atoms with van der Waals surface area (Å²) in [5, 5.41) is 3.40. The van der Waals surface area contributed by atoms with Crippen LogP contribution in [0.25, 0.3) is 5.52 Å². The molecule has 1 saturated heterocycles. The van der Waals surface area contributed by atoms with Crippen LogP contribution in [0.4, 0.5) is 0 Å². The maximum Gasteiger partial charge on any atom is 0.358 e. The summed E-state index contributed by atoms with van der Waals surface area (Å²) in [7, 11) is 2.96. The predicted molar refractivity (Wildman–Crippen MR) is 73.1 cm³/mol. The van der Waals surface area contributed by atoms with Crippen LogP contribution in [0.3, 0.4) is 0 Å². The minimum absolute atomic E-state index is 0.175. The van der Waals surface area contributed by atoms with Gasteiger partial charge in [0.2, 0.25) is 0 Å². The van der Waals surface area contributed by atoms with Gasteiger partial charge in [-0.1, -0.05) is 0 Å². The zero-order chi connectivity index (χ0) is 14.1. The molecule has 2 aromatic rings. The third kappa shape index (κ3) is 2.02. The third-order valence-electron chi connectivity index (χ3n) is 3.63. The number of carbonyl (C=O) groups is 1. The van der Waals surface area contributed by atoms with Gasteiger partial charge in [-0.05, 0) is 25.5 Å². The molecule has 3 heterocycles. The van der Waals surface area contributed by atoms with E-state index in [1.807, 2.05) is 16.7 Å². The van der Waals surface area contributed by atoms with E-state index in [9.17, 15) is 4.79 Å². The summed E-state index contributed by atoms with van der Waals surface area (Å²) in [6, 6.07) is 3.83. The first-order chi connectivity index (χ1) is 9.74. The molecule has 0 spiro atoms. The fourth-order valence-electron chi connectivity index (χ4n) is 2.61. The summed E-state index contributed by atoms with van der Waals surface area (Å²) in [6.07, 6.45) is 4.01. The van der Waals surface area contributed by atoms with Crippen molar-refractivity contribution >= 4 is 11.5 Å². The first-order valence-electron chi connectivity index (χ1n) is 6.62. The second-order valence-corrected chi connectivity index (χ2v) is 4.78. The first kappa shape index (κ1) is 12.9. The van der Waals surface area contributed by atoms with E-state index in [0.717, 1.165) is 25.2 Å². The van der Waals surface area contributed by atoms with Crippen molar-refractivity contribution in [2.45, 2.75) is 18.9 Å². The molecular weight excluding hydrogens is 258 g/mol. The molecule has 1 unspecified atom stereocenters. The summed E-state index contributed by atoms with van der Waals surface area (Å²) in [5.74, 6) is 1.11. The molecule has 0 bridgehead atoms. The molecule has 106 valence electrons. The number of esters is 1. The lowest BCUT2D eigenvalue weighted by atomic mass is 10.2. The zero-order valence-electron chi connectivity index (χ0n) is 11.5. The minimum Gasteiger partial charge on any atom is -0.497 e. The lowest BCUT2D eigenvalue weighted by molar-refractivity contribution is 0.0596. The summed E-state index contributed by atoms with van der Waals surface area (Å²) in [4.78, 5) is 16.4. The van der Waals surface area contributed by atoms with Crippen LogP contribution < -0.4 is 10.1 Å². The number of pyridine rings is 1. The van der Waals surface area contributed by atoms with E-state index in [2.05, 4.69) is 10.3 Å². The van der Waals surface area contributed by atoms with Crippen LogP contribution in [0.5, 0.6) is 5.75 Å². The van der Waals surface area contributed by atoms with Crippen molar-refractivity contribution in [3.8, 4) is 5.75 Å². The minimum atomic E-state index is -0.431. The highest BCUT2D eigenvalue weighted by atomic mass is 16.5. The Kier molecular flexibility index (Phi) is 3.31. The van der Waals surface area contributed by atoms with Crippen molar-refractivity contribution in [1.29, 1.82) is 0 Å². The Balaban J connectivity index is 2.18. The number of hydrogen-bond acceptors (Lipinski definition) is 5. The molecule has 20 heavy (non-hydrogen) atoms. The molecule has 1 atom stereocenters. The quantitative estimate of drug-likeness (QED) is 0.861. The Bertz CT molecular complexity index is 644. The number of rotatable bonds is 3. The highest BCUT2D eigenvalue weighted by Gasteiger charge is 2.25. The fourth-order valence-corrected chi connectivity index (χ4v) is 2.61. The van der Waals surface area contributed by atoms with Gasteiger partial charge in [0.15, 0.2) is 5.69 Å². The van der Waals surface area contributed by atoms with E-state index in [0.29, 0.717) is 17.0 Å². The molecule has 6 heteroatoms. The lowest BCUT2D eigenvalue weighted by Crippen LogP contribution is -2.16. The van der Waals surface area contributed by atoms with Crippen LogP contribution >= 0.6 is 0 Å². The smallest absolute Gasteiger partial charge is 0.358 e. The number of aromatic nitrogens is 2. The van der Waals surface area contributed by atoms with Gasteiger partial charge in [0.05, 0.1) is 25.8 Å². The largest absolute Gasteiger partial charge is 0.497 e. The van der Waals surface area contributed by atoms with Crippen molar-refractivity contribution in [3.63, 3.8) is 0 Å². The molecule has 0 aromatic carbocycles. The molecule has 0 amide bonds. The summed E-state index contributed by atoms with van der Waals surface area (Å²) in [6.45, 7) is 0.975. The van der Waals surface area contributed by atoms with Gasteiger partial charge in [0, 0.05) is 12.3 Å². The van der Waals surface area contributed by atoms with Gasteiger partial charge in [0.1, 0.15) is 11.6 Å². The second-order valence-electron chi connectivity index (χ2n) is 4.78. The van der Waals surface area contributed by atoms with Crippen LogP contribution in [-0.4, -0.2) is 36.1 Å². The maximum absolute atomic E-state index is 11.9. The van der Waals surface area contributed by atoms with Crippen LogP contribution in [0.15, 0.2) is 18.3 Å². The van der Waals surface area contributed by atoms with Crippen molar-refractivity contribution in [1.82, 2.24) is 14.7 Å². The standard InChI is InChI=1S/C14H17N3O3/c1-19-9-5-7-17-11(8-9)12(14(18)20-2)16-13(17)10-4-3-6-15-10/h5,7-8,10,15H,3-4,6H2,1-2H3. The number of ether oxygens (including phenoxy) is 2. The van der Waals surface area contributed by atoms with Gasteiger partial charge in [0.25, 0.3) is 0 Å². The van der Waals surface area contributed by atoms with E-state index >= 15 is 0 Å². The number of fused-ring (bicyclic) bond motifs is 1. The Hall–Kier alpha value is -2.08. The average Bonchev–Trinajstić information content (AvgIpc) is 3.12. The molecule has 1 aliphatic heterocycles. The van der Waals surface area contributed by atoms with Crippen molar-refractivity contribution in [3.05, 3.63) is 29.8 Å². The molecular formula is C14H17N3O3. The molecule has 3 rings (SSSR count). The van der Waals surface area contributed by atoms with Crippen molar-refractivity contribution < 1.29 is 14.3 Å². The third-order valence-corrected chi connectivity index (χ3v) is 3.63. The fraction of sp³-hybridized carbons (Fsp3) is 0.429. The van der Waals surface area contributed by atoms with Gasteiger partial charge >= 0.3 is 5.97 Å². The summed E-state index contributed by atoms with van der Waals surface area (Å²) >= 11 is 0. The average molecular weight is 275 g/mol. The normalized spacial score (nSPS) is 18.4. The van der Waals surface area contributed by atoms with Crippen LogP contribution in [-0.2, 0) is 4.74 Å². The number of imidazole rings is 1. The molecule has 2 aromatic heterocycles. The molecule has 0 radical (unpaired) electrons. The number of carbonyl (C=O) groups excluding carboxylic acids is 1. The van der Waals surface area contributed by atoms with E-state index in [1.54, 1.807) is 13.2 Å². The zero-order valence-corrected chi connectivity index (χ0v) is 11.5. The Morgan fingerprint density at radius 1 is 1.50 bits per heavy atom. The number of nitrogens with one attached hydrogen (secondary N) is 1. The van der Waals surface area contributed by atoms with Crippen molar-refractivity contribution in [2.75, 3.05) is 20.8 Å². The van der Waals surface area contributed by atoms with Crippen molar-refractivity contribution in [2.24, 2.45) is 0 Å². The Morgan fingerprint density at radius 3 is 3.00 bits per heavy atom. The lowest BCUT2D eigenvalue weighted by Gasteiger charge is -2.09. The Labute approximate surface area is 116 Å². The SMILES string of the molecule is COC(=O)c1nc(C2CCCN2)n2ccc(OC)cc12. The summed E-state index contributed by atoms with van der Waals surface area (Å²) in [5.41, 5.74) is 1.04. The number of hydrogen-bond donors (Lipinski definition) is 1. The van der Waals surface area contributed by atoms with Crippen LogP contribution in [0.2, 0.25) is 0 Å². The predicted octanol–water partition coefficient (Wildman–Crippen LogP) is 1.55. The van der Waals surface area contributed by atoms with E-state index < -0.39 is 5.97 Å². The van der Waals surface area contributed by atoms with E-state index in [1.165, 1.54) is 7.11 Å². The van der Waals surface area contributed by atoms with Crippen LogP contribution in [0.1, 0.15) is 35.2 Å².